The van der Waals surface area contributed by atoms with Gasteiger partial charge in [-0.3, -0.25) is 4.79 Å². The van der Waals surface area contributed by atoms with Crippen molar-refractivity contribution in [2.75, 3.05) is 6.61 Å². The maximum atomic E-state index is 13.5. The Labute approximate surface area is 198 Å². The fraction of sp³-hybridized carbons (Fsp3) is 0.375. The lowest BCUT2D eigenvalue weighted by molar-refractivity contribution is -0.141. The predicted molar refractivity (Wildman–Crippen MR) is 119 cm³/mol. The van der Waals surface area contributed by atoms with Gasteiger partial charge in [0, 0.05) is 11.9 Å². The molecular formula is C24H23ClF3NO5. The smallest absolute Gasteiger partial charge is 0.419 e. The number of carboxylic acid groups (broad SMARTS) is 1. The summed E-state index contributed by atoms with van der Waals surface area (Å²) in [6, 6.07) is 9.05. The van der Waals surface area contributed by atoms with Crippen molar-refractivity contribution in [1.29, 1.82) is 0 Å². The summed E-state index contributed by atoms with van der Waals surface area (Å²) in [6.07, 6.45) is -5.83. The van der Waals surface area contributed by atoms with Crippen LogP contribution < -0.4 is 9.47 Å². The fourth-order valence-corrected chi connectivity index (χ4v) is 4.42. The number of carboxylic acids is 1. The van der Waals surface area contributed by atoms with Crippen LogP contribution in [0, 0.1) is 0 Å². The molecular weight excluding hydrogens is 475 g/mol. The number of halogens is 4. The minimum atomic E-state index is -4.56. The van der Waals surface area contributed by atoms with E-state index in [0.717, 1.165) is 11.6 Å². The minimum Gasteiger partial charge on any atom is -0.490 e. The Morgan fingerprint density at radius 3 is 2.71 bits per heavy atom. The standard InChI is InChI=1S/C24H23ClF3NO5/c1-13(2)34-19-6-3-14(9-17(19)24(26,27)28)12-33-15-4-5-18-16(10-15)22(25)23-20(11-21(30)31)32-8-7-29(18)23/h3-6,9-10,13,20H,7-8,11-12H2,1-2H3,(H,30,31)/t20-/m0/s1. The third-order valence-electron chi connectivity index (χ3n) is 5.43. The summed E-state index contributed by atoms with van der Waals surface area (Å²) in [5.41, 5.74) is 0.879. The molecule has 4 rings (SSSR count). The molecule has 10 heteroatoms. The molecule has 182 valence electrons. The lowest BCUT2D eigenvalue weighted by atomic mass is 10.1. The second kappa shape index (κ2) is 9.38. The Bertz CT molecular complexity index is 1220. The van der Waals surface area contributed by atoms with E-state index in [1.807, 2.05) is 4.57 Å². The summed E-state index contributed by atoms with van der Waals surface area (Å²) >= 11 is 6.58. The zero-order chi connectivity index (χ0) is 24.6. The van der Waals surface area contributed by atoms with Crippen LogP contribution in [0.5, 0.6) is 11.5 Å². The maximum Gasteiger partial charge on any atom is 0.419 e. The molecule has 1 atom stereocenters. The summed E-state index contributed by atoms with van der Waals surface area (Å²) < 4.78 is 59.1. The van der Waals surface area contributed by atoms with Crippen molar-refractivity contribution in [3.05, 3.63) is 58.2 Å². The molecule has 1 aliphatic rings. The van der Waals surface area contributed by atoms with Crippen LogP contribution in [0.2, 0.25) is 5.02 Å². The first-order chi connectivity index (χ1) is 16.0. The Hall–Kier alpha value is -2.91. The third-order valence-corrected chi connectivity index (χ3v) is 5.82. The molecule has 3 aromatic rings. The summed E-state index contributed by atoms with van der Waals surface area (Å²) in [7, 11) is 0. The summed E-state index contributed by atoms with van der Waals surface area (Å²) in [5, 5.41) is 10.2. The first kappa shape index (κ1) is 24.2. The molecule has 0 fully saturated rings. The first-order valence-electron chi connectivity index (χ1n) is 10.7. The SMILES string of the molecule is CC(C)Oc1ccc(COc2ccc3c(c2)c(Cl)c2n3CCO[C@H]2CC(=O)O)cc1C(F)(F)F. The fourth-order valence-electron chi connectivity index (χ4n) is 4.05. The van der Waals surface area contributed by atoms with E-state index < -0.39 is 29.9 Å². The largest absolute Gasteiger partial charge is 0.490 e. The lowest BCUT2D eigenvalue weighted by Crippen LogP contribution is -2.23. The molecule has 2 heterocycles. The molecule has 0 saturated carbocycles. The molecule has 6 nitrogen and oxygen atoms in total. The van der Waals surface area contributed by atoms with E-state index in [-0.39, 0.29) is 18.8 Å². The van der Waals surface area contributed by atoms with E-state index in [1.54, 1.807) is 32.0 Å². The molecule has 1 N–H and O–H groups in total. The number of ether oxygens (including phenoxy) is 3. The number of rotatable bonds is 7. The van der Waals surface area contributed by atoms with Crippen molar-refractivity contribution >= 4 is 28.5 Å². The molecule has 0 spiro atoms. The van der Waals surface area contributed by atoms with Crippen LogP contribution in [0.15, 0.2) is 36.4 Å². The maximum absolute atomic E-state index is 13.5. The summed E-state index contributed by atoms with van der Waals surface area (Å²) in [4.78, 5) is 11.2. The number of benzene rings is 2. The topological polar surface area (TPSA) is 69.9 Å². The number of aromatic nitrogens is 1. The van der Waals surface area contributed by atoms with E-state index in [0.29, 0.717) is 40.6 Å². The number of hydrogen-bond acceptors (Lipinski definition) is 4. The van der Waals surface area contributed by atoms with Crippen LogP contribution in [0.3, 0.4) is 0 Å². The van der Waals surface area contributed by atoms with Gasteiger partial charge in [-0.15, -0.1) is 0 Å². The number of carbonyl (C=O) groups is 1. The highest BCUT2D eigenvalue weighted by Crippen LogP contribution is 2.41. The second-order valence-electron chi connectivity index (χ2n) is 8.27. The van der Waals surface area contributed by atoms with Crippen LogP contribution in [0.4, 0.5) is 13.2 Å². The molecule has 2 aromatic carbocycles. The van der Waals surface area contributed by atoms with Crippen molar-refractivity contribution in [2.24, 2.45) is 0 Å². The van der Waals surface area contributed by atoms with Gasteiger partial charge in [-0.05, 0) is 49.7 Å². The molecule has 1 aliphatic heterocycles. The Morgan fingerprint density at radius 2 is 2.03 bits per heavy atom. The van der Waals surface area contributed by atoms with Crippen molar-refractivity contribution in [3.8, 4) is 11.5 Å². The highest BCUT2D eigenvalue weighted by Gasteiger charge is 2.35. The second-order valence-corrected chi connectivity index (χ2v) is 8.65. The van der Waals surface area contributed by atoms with Gasteiger partial charge < -0.3 is 23.9 Å². The average molecular weight is 498 g/mol. The van der Waals surface area contributed by atoms with Gasteiger partial charge in [0.1, 0.15) is 24.2 Å². The predicted octanol–water partition coefficient (Wildman–Crippen LogP) is 6.23. The Kier molecular flexibility index (Phi) is 6.69. The van der Waals surface area contributed by atoms with Gasteiger partial charge in [-0.2, -0.15) is 13.2 Å². The molecule has 0 unspecified atom stereocenters. The van der Waals surface area contributed by atoms with Crippen LogP contribution in [-0.4, -0.2) is 28.4 Å². The van der Waals surface area contributed by atoms with Crippen LogP contribution in [0.25, 0.3) is 10.9 Å². The lowest BCUT2D eigenvalue weighted by Gasteiger charge is -2.25. The Balaban J connectivity index is 1.59. The van der Waals surface area contributed by atoms with Gasteiger partial charge in [0.15, 0.2) is 0 Å². The van der Waals surface area contributed by atoms with Crippen LogP contribution >= 0.6 is 11.6 Å². The zero-order valence-electron chi connectivity index (χ0n) is 18.5. The number of alkyl halides is 3. The van der Waals surface area contributed by atoms with E-state index >= 15 is 0 Å². The zero-order valence-corrected chi connectivity index (χ0v) is 19.2. The van der Waals surface area contributed by atoms with Crippen LogP contribution in [0.1, 0.15) is 43.2 Å². The number of aliphatic carboxylic acids is 1. The van der Waals surface area contributed by atoms with E-state index in [1.165, 1.54) is 12.1 Å². The summed E-state index contributed by atoms with van der Waals surface area (Å²) in [6.45, 7) is 4.12. The van der Waals surface area contributed by atoms with Crippen molar-refractivity contribution < 1.29 is 37.3 Å². The van der Waals surface area contributed by atoms with Crippen molar-refractivity contribution in [1.82, 2.24) is 4.57 Å². The normalized spacial score (nSPS) is 16.0. The average Bonchev–Trinajstić information content (AvgIpc) is 3.04. The summed E-state index contributed by atoms with van der Waals surface area (Å²) in [5.74, 6) is -0.798. The number of nitrogens with zero attached hydrogens (tertiary/aromatic N) is 1. The van der Waals surface area contributed by atoms with Gasteiger partial charge in [0.05, 0.1) is 40.9 Å². The number of hydrogen-bond donors (Lipinski definition) is 1. The molecule has 0 amide bonds. The van der Waals surface area contributed by atoms with Crippen molar-refractivity contribution in [2.45, 2.75) is 51.8 Å². The minimum absolute atomic E-state index is 0.0908. The molecule has 0 radical (unpaired) electrons. The van der Waals surface area contributed by atoms with Gasteiger partial charge in [-0.25, -0.2) is 0 Å². The first-order valence-corrected chi connectivity index (χ1v) is 11.1. The number of fused-ring (bicyclic) bond motifs is 3. The van der Waals surface area contributed by atoms with Gasteiger partial charge in [0.2, 0.25) is 0 Å². The Morgan fingerprint density at radius 1 is 1.26 bits per heavy atom. The van der Waals surface area contributed by atoms with E-state index in [4.69, 9.17) is 25.8 Å². The van der Waals surface area contributed by atoms with Gasteiger partial charge >= 0.3 is 12.1 Å². The molecule has 0 aliphatic carbocycles. The quantitative estimate of drug-likeness (QED) is 0.419. The molecule has 34 heavy (non-hydrogen) atoms. The van der Waals surface area contributed by atoms with E-state index in [2.05, 4.69) is 0 Å². The third kappa shape index (κ3) is 4.95. The van der Waals surface area contributed by atoms with Crippen LogP contribution in [-0.2, 0) is 28.9 Å². The highest BCUT2D eigenvalue weighted by atomic mass is 35.5. The van der Waals surface area contributed by atoms with E-state index in [9.17, 15) is 23.1 Å². The molecule has 0 saturated heterocycles. The van der Waals surface area contributed by atoms with Gasteiger partial charge in [-0.1, -0.05) is 17.7 Å². The highest BCUT2D eigenvalue weighted by molar-refractivity contribution is 6.36. The van der Waals surface area contributed by atoms with Gasteiger partial charge in [0.25, 0.3) is 0 Å². The van der Waals surface area contributed by atoms with Crippen molar-refractivity contribution in [3.63, 3.8) is 0 Å². The monoisotopic (exact) mass is 497 g/mol. The molecule has 1 aromatic heterocycles. The molecule has 0 bridgehead atoms.